The minimum Gasteiger partial charge on any atom is -0.355 e. The van der Waals surface area contributed by atoms with Gasteiger partial charge in [0.15, 0.2) is 0 Å². The topological polar surface area (TPSA) is 62.3 Å². The van der Waals surface area contributed by atoms with Crippen molar-refractivity contribution >= 4 is 17.5 Å². The van der Waals surface area contributed by atoms with Gasteiger partial charge in [0.2, 0.25) is 11.8 Å². The summed E-state index contributed by atoms with van der Waals surface area (Å²) < 4.78 is 27.5. The summed E-state index contributed by atoms with van der Waals surface area (Å²) in [5, 5.41) is 2.74. The van der Waals surface area contributed by atoms with E-state index in [1.54, 1.807) is 24.4 Å². The van der Waals surface area contributed by atoms with Crippen LogP contribution in [0.25, 0.3) is 0 Å². The fourth-order valence-corrected chi connectivity index (χ4v) is 2.91. The minimum atomic E-state index is -0.824. The van der Waals surface area contributed by atoms with E-state index in [0.717, 1.165) is 18.6 Å². The second kappa shape index (κ2) is 8.24. The maximum absolute atomic E-state index is 14.2. The molecule has 1 N–H and O–H groups in total. The van der Waals surface area contributed by atoms with Gasteiger partial charge >= 0.3 is 0 Å². The van der Waals surface area contributed by atoms with Gasteiger partial charge in [0.05, 0.1) is 17.9 Å². The lowest BCUT2D eigenvalue weighted by Gasteiger charge is -2.23. The molecule has 5 nitrogen and oxygen atoms in total. The minimum absolute atomic E-state index is 0.0104. The van der Waals surface area contributed by atoms with Gasteiger partial charge in [-0.1, -0.05) is 13.0 Å². The van der Waals surface area contributed by atoms with Gasteiger partial charge in [-0.15, -0.1) is 0 Å². The van der Waals surface area contributed by atoms with Crippen molar-refractivity contribution in [3.8, 4) is 0 Å². The van der Waals surface area contributed by atoms with E-state index >= 15 is 0 Å². The molecule has 7 heteroatoms. The molecule has 0 bridgehead atoms. The van der Waals surface area contributed by atoms with Crippen LogP contribution in [-0.4, -0.2) is 23.3 Å². The third-order valence-electron chi connectivity index (χ3n) is 4.63. The van der Waals surface area contributed by atoms with Gasteiger partial charge in [-0.3, -0.25) is 14.6 Å². The van der Waals surface area contributed by atoms with Gasteiger partial charge in [0, 0.05) is 31.1 Å². The predicted molar refractivity (Wildman–Crippen MR) is 96.7 cm³/mol. The standard InChI is InChI=1S/C20H21F2N3O2/c1-13-10-16(13)20(27)24-9-7-19(26)25(12-15-4-2-3-8-23-15)18-6-5-14(21)11-17(18)22/h2-6,8,11,13,16H,7,9-10,12H2,1H3,(H,24,27). The number of pyridine rings is 1. The van der Waals surface area contributed by atoms with Crippen molar-refractivity contribution in [3.63, 3.8) is 0 Å². The number of nitrogens with zero attached hydrogens (tertiary/aromatic N) is 2. The van der Waals surface area contributed by atoms with Gasteiger partial charge in [0.1, 0.15) is 11.6 Å². The highest BCUT2D eigenvalue weighted by Crippen LogP contribution is 2.37. The highest BCUT2D eigenvalue weighted by Gasteiger charge is 2.38. The number of hydrogen-bond acceptors (Lipinski definition) is 3. The molecule has 1 heterocycles. The molecule has 142 valence electrons. The Balaban J connectivity index is 1.70. The van der Waals surface area contributed by atoms with Crippen molar-refractivity contribution < 1.29 is 18.4 Å². The molecule has 1 aliphatic carbocycles. The van der Waals surface area contributed by atoms with Crippen molar-refractivity contribution in [2.75, 3.05) is 11.4 Å². The summed E-state index contributed by atoms with van der Waals surface area (Å²) in [7, 11) is 0. The molecule has 3 rings (SSSR count). The van der Waals surface area contributed by atoms with Gasteiger partial charge in [0.25, 0.3) is 0 Å². The average molecular weight is 373 g/mol. The van der Waals surface area contributed by atoms with E-state index in [-0.39, 0.29) is 42.9 Å². The highest BCUT2D eigenvalue weighted by molar-refractivity contribution is 5.93. The maximum Gasteiger partial charge on any atom is 0.229 e. The van der Waals surface area contributed by atoms with Gasteiger partial charge in [-0.2, -0.15) is 0 Å². The highest BCUT2D eigenvalue weighted by atomic mass is 19.1. The van der Waals surface area contributed by atoms with E-state index in [1.165, 1.54) is 11.0 Å². The zero-order valence-electron chi connectivity index (χ0n) is 15.0. The molecule has 2 amide bonds. The van der Waals surface area contributed by atoms with Crippen LogP contribution in [-0.2, 0) is 16.1 Å². The quantitative estimate of drug-likeness (QED) is 0.811. The Morgan fingerprint density at radius 1 is 1.26 bits per heavy atom. The number of rotatable bonds is 7. The number of carbonyl (C=O) groups is 2. The molecule has 1 aromatic carbocycles. The summed E-state index contributed by atoms with van der Waals surface area (Å²) in [6.07, 6.45) is 2.46. The Morgan fingerprint density at radius 3 is 2.67 bits per heavy atom. The second-order valence-corrected chi connectivity index (χ2v) is 6.76. The lowest BCUT2D eigenvalue weighted by Crippen LogP contribution is -2.35. The van der Waals surface area contributed by atoms with Crippen LogP contribution >= 0.6 is 0 Å². The molecule has 1 aromatic heterocycles. The third-order valence-corrected chi connectivity index (χ3v) is 4.63. The molecule has 2 unspecified atom stereocenters. The molecule has 0 aliphatic heterocycles. The summed E-state index contributed by atoms with van der Waals surface area (Å²) in [5.41, 5.74) is 0.555. The first kappa shape index (κ1) is 18.9. The molecule has 0 spiro atoms. The first-order valence-electron chi connectivity index (χ1n) is 8.88. The Hall–Kier alpha value is -2.83. The van der Waals surface area contributed by atoms with Gasteiger partial charge in [-0.05, 0) is 36.6 Å². The van der Waals surface area contributed by atoms with Gasteiger partial charge < -0.3 is 10.2 Å². The van der Waals surface area contributed by atoms with Crippen LogP contribution in [0.3, 0.4) is 0 Å². The van der Waals surface area contributed by atoms with E-state index in [1.807, 2.05) is 6.92 Å². The molecule has 0 saturated heterocycles. The lowest BCUT2D eigenvalue weighted by atomic mass is 10.2. The van der Waals surface area contributed by atoms with E-state index in [2.05, 4.69) is 10.3 Å². The number of halogens is 2. The molecular formula is C20H21F2N3O2. The van der Waals surface area contributed by atoms with Crippen LogP contribution in [0.15, 0.2) is 42.6 Å². The Kier molecular flexibility index (Phi) is 5.78. The van der Waals surface area contributed by atoms with E-state index in [4.69, 9.17) is 0 Å². The Bertz CT molecular complexity index is 829. The number of hydrogen-bond donors (Lipinski definition) is 1. The van der Waals surface area contributed by atoms with Crippen molar-refractivity contribution in [2.45, 2.75) is 26.3 Å². The summed E-state index contributed by atoms with van der Waals surface area (Å²) >= 11 is 0. The summed E-state index contributed by atoms with van der Waals surface area (Å²) in [4.78, 5) is 30.0. The van der Waals surface area contributed by atoms with Crippen LogP contribution < -0.4 is 10.2 Å². The van der Waals surface area contributed by atoms with Gasteiger partial charge in [-0.25, -0.2) is 8.78 Å². The monoisotopic (exact) mass is 373 g/mol. The molecule has 27 heavy (non-hydrogen) atoms. The second-order valence-electron chi connectivity index (χ2n) is 6.76. The number of carbonyl (C=O) groups excluding carboxylic acids is 2. The van der Waals surface area contributed by atoms with Crippen LogP contribution in [0, 0.1) is 23.5 Å². The third kappa shape index (κ3) is 4.87. The molecule has 2 atom stereocenters. The fourth-order valence-electron chi connectivity index (χ4n) is 2.91. The lowest BCUT2D eigenvalue weighted by molar-refractivity contribution is -0.122. The first-order chi connectivity index (χ1) is 13.0. The normalized spacial score (nSPS) is 18.0. The van der Waals surface area contributed by atoms with Crippen LogP contribution in [0.5, 0.6) is 0 Å². The molecular weight excluding hydrogens is 352 g/mol. The van der Waals surface area contributed by atoms with Crippen LogP contribution in [0.2, 0.25) is 0 Å². The number of nitrogens with one attached hydrogen (secondary N) is 1. The largest absolute Gasteiger partial charge is 0.355 e. The molecule has 2 aromatic rings. The average Bonchev–Trinajstić information content (AvgIpc) is 3.38. The van der Waals surface area contributed by atoms with E-state index in [0.29, 0.717) is 11.6 Å². The number of aromatic nitrogens is 1. The van der Waals surface area contributed by atoms with Crippen LogP contribution in [0.4, 0.5) is 14.5 Å². The molecule has 1 fully saturated rings. The maximum atomic E-state index is 14.2. The number of amides is 2. The first-order valence-corrected chi connectivity index (χ1v) is 8.88. The molecule has 1 saturated carbocycles. The fraction of sp³-hybridized carbons (Fsp3) is 0.350. The summed E-state index contributed by atoms with van der Waals surface area (Å²) in [5.74, 6) is -1.56. The molecule has 0 radical (unpaired) electrons. The SMILES string of the molecule is CC1CC1C(=O)NCCC(=O)N(Cc1ccccn1)c1ccc(F)cc1F. The van der Waals surface area contributed by atoms with Crippen molar-refractivity contribution in [3.05, 3.63) is 59.9 Å². The zero-order chi connectivity index (χ0) is 19.4. The number of anilines is 1. The van der Waals surface area contributed by atoms with Crippen molar-refractivity contribution in [1.29, 1.82) is 0 Å². The van der Waals surface area contributed by atoms with Crippen molar-refractivity contribution in [2.24, 2.45) is 11.8 Å². The Morgan fingerprint density at radius 2 is 2.04 bits per heavy atom. The Labute approximate surface area is 156 Å². The number of benzene rings is 1. The van der Waals surface area contributed by atoms with Crippen LogP contribution in [0.1, 0.15) is 25.5 Å². The smallest absolute Gasteiger partial charge is 0.229 e. The van der Waals surface area contributed by atoms with E-state index in [9.17, 15) is 18.4 Å². The molecule has 1 aliphatic rings. The van der Waals surface area contributed by atoms with Crippen molar-refractivity contribution in [1.82, 2.24) is 10.3 Å². The summed E-state index contributed by atoms with van der Waals surface area (Å²) in [6.45, 7) is 2.22. The van der Waals surface area contributed by atoms with E-state index < -0.39 is 11.6 Å². The predicted octanol–water partition coefficient (Wildman–Crippen LogP) is 3.06. The summed E-state index contributed by atoms with van der Waals surface area (Å²) in [6, 6.07) is 8.30. The zero-order valence-corrected chi connectivity index (χ0v) is 15.0.